The van der Waals surface area contributed by atoms with Crippen LogP contribution in [0.3, 0.4) is 0 Å². The highest BCUT2D eigenvalue weighted by Gasteiger charge is 2.35. The third-order valence-corrected chi connectivity index (χ3v) is 3.54. The molecule has 2 heterocycles. The Kier molecular flexibility index (Phi) is 3.24. The summed E-state index contributed by atoms with van der Waals surface area (Å²) in [6, 6.07) is 8.66. The van der Waals surface area contributed by atoms with Crippen LogP contribution in [0.4, 0.5) is 5.69 Å². The van der Waals surface area contributed by atoms with E-state index in [2.05, 4.69) is 4.98 Å². The topological polar surface area (TPSA) is 50.3 Å². The number of hydrogen-bond donors (Lipinski definition) is 0. The molecular formula is C15H11ClN2O2. The van der Waals surface area contributed by atoms with Crippen LogP contribution in [0.25, 0.3) is 0 Å². The van der Waals surface area contributed by atoms with E-state index < -0.39 is 11.7 Å². The Balaban J connectivity index is 1.86. The van der Waals surface area contributed by atoms with Crippen molar-refractivity contribution in [1.29, 1.82) is 0 Å². The lowest BCUT2D eigenvalue weighted by Gasteiger charge is -2.16. The van der Waals surface area contributed by atoms with Crippen molar-refractivity contribution in [3.05, 3.63) is 58.9 Å². The number of hydrogen-bond acceptors (Lipinski definition) is 3. The van der Waals surface area contributed by atoms with E-state index in [9.17, 15) is 9.59 Å². The lowest BCUT2D eigenvalue weighted by atomic mass is 10.1. The first-order valence-corrected chi connectivity index (χ1v) is 6.59. The van der Waals surface area contributed by atoms with Crippen LogP contribution >= 0.6 is 11.6 Å². The molecule has 1 aromatic carbocycles. The van der Waals surface area contributed by atoms with E-state index in [-0.39, 0.29) is 0 Å². The summed E-state index contributed by atoms with van der Waals surface area (Å²) in [6.45, 7) is 0.446. The zero-order valence-corrected chi connectivity index (χ0v) is 11.3. The minimum absolute atomic E-state index is 0.425. The van der Waals surface area contributed by atoms with Crippen molar-refractivity contribution >= 4 is 29.0 Å². The minimum Gasteiger partial charge on any atom is -0.304 e. The van der Waals surface area contributed by atoms with Gasteiger partial charge in [-0.15, -0.1) is 0 Å². The van der Waals surface area contributed by atoms with E-state index in [0.717, 1.165) is 5.56 Å². The number of aromatic nitrogens is 1. The highest BCUT2D eigenvalue weighted by molar-refractivity contribution is 6.52. The Morgan fingerprint density at radius 1 is 1.10 bits per heavy atom. The molecule has 0 fully saturated rings. The van der Waals surface area contributed by atoms with Gasteiger partial charge in [-0.25, -0.2) is 0 Å². The molecule has 3 rings (SSSR count). The van der Waals surface area contributed by atoms with Crippen LogP contribution < -0.4 is 4.90 Å². The van der Waals surface area contributed by atoms with Gasteiger partial charge in [0, 0.05) is 24.0 Å². The third kappa shape index (κ3) is 2.18. The predicted octanol–water partition coefficient (Wildman–Crippen LogP) is 2.51. The Labute approximate surface area is 121 Å². The largest absolute Gasteiger partial charge is 0.304 e. The van der Waals surface area contributed by atoms with Crippen LogP contribution in [-0.2, 0) is 11.2 Å². The van der Waals surface area contributed by atoms with E-state index in [4.69, 9.17) is 11.6 Å². The summed E-state index contributed by atoms with van der Waals surface area (Å²) in [6.07, 6.45) is 4.07. The number of halogens is 1. The van der Waals surface area contributed by atoms with E-state index in [1.165, 1.54) is 4.90 Å². The van der Waals surface area contributed by atoms with Gasteiger partial charge in [0.1, 0.15) is 0 Å². The molecule has 0 radical (unpaired) electrons. The molecule has 20 heavy (non-hydrogen) atoms. The Morgan fingerprint density at radius 3 is 2.60 bits per heavy atom. The van der Waals surface area contributed by atoms with Gasteiger partial charge in [0.05, 0.1) is 11.3 Å². The van der Waals surface area contributed by atoms with Crippen LogP contribution in [0.5, 0.6) is 0 Å². The molecule has 0 unspecified atom stereocenters. The predicted molar refractivity (Wildman–Crippen MR) is 76.1 cm³/mol. The van der Waals surface area contributed by atoms with Gasteiger partial charge in [-0.1, -0.05) is 11.6 Å². The van der Waals surface area contributed by atoms with Gasteiger partial charge in [0.15, 0.2) is 0 Å². The van der Waals surface area contributed by atoms with Crippen LogP contribution in [0.2, 0.25) is 5.02 Å². The molecule has 4 nitrogen and oxygen atoms in total. The number of carbonyl (C=O) groups excluding carboxylic acids is 2. The number of rotatable bonds is 3. The summed E-state index contributed by atoms with van der Waals surface area (Å²) < 4.78 is 0. The van der Waals surface area contributed by atoms with Gasteiger partial charge in [-0.2, -0.15) is 0 Å². The molecule has 0 atom stereocenters. The van der Waals surface area contributed by atoms with Gasteiger partial charge in [0.2, 0.25) is 0 Å². The summed E-state index contributed by atoms with van der Waals surface area (Å²) in [5.74, 6) is -0.956. The summed E-state index contributed by atoms with van der Waals surface area (Å²) >= 11 is 5.94. The smallest absolute Gasteiger partial charge is 0.299 e. The number of carbonyl (C=O) groups is 2. The second kappa shape index (κ2) is 5.06. The molecule has 0 saturated carbocycles. The number of amides is 1. The SMILES string of the molecule is O=C1C(=O)N(CCc2ccncc2)c2cc(Cl)ccc21. The average Bonchev–Trinajstić information content (AvgIpc) is 2.70. The van der Waals surface area contributed by atoms with Gasteiger partial charge >= 0.3 is 0 Å². The molecule has 1 aliphatic rings. The lowest BCUT2D eigenvalue weighted by molar-refractivity contribution is -0.114. The molecule has 0 bridgehead atoms. The second-order valence-corrected chi connectivity index (χ2v) is 4.99. The van der Waals surface area contributed by atoms with Crippen LogP contribution in [0.15, 0.2) is 42.7 Å². The van der Waals surface area contributed by atoms with E-state index >= 15 is 0 Å². The number of pyridine rings is 1. The number of Topliss-reactive ketones (excluding diaryl/α,β-unsaturated/α-hetero) is 1. The van der Waals surface area contributed by atoms with Gasteiger partial charge in [-0.05, 0) is 42.3 Å². The van der Waals surface area contributed by atoms with E-state index in [0.29, 0.717) is 29.2 Å². The Hall–Kier alpha value is -2.20. The summed E-state index contributed by atoms with van der Waals surface area (Å²) in [5.41, 5.74) is 2.09. The standard InChI is InChI=1S/C15H11ClN2O2/c16-11-1-2-12-13(9-11)18(15(20)14(12)19)8-5-10-3-6-17-7-4-10/h1-4,6-7,9H,5,8H2. The van der Waals surface area contributed by atoms with Crippen LogP contribution in [0, 0.1) is 0 Å². The van der Waals surface area contributed by atoms with Crippen LogP contribution in [0.1, 0.15) is 15.9 Å². The van der Waals surface area contributed by atoms with Crippen molar-refractivity contribution in [3.63, 3.8) is 0 Å². The number of anilines is 1. The van der Waals surface area contributed by atoms with Gasteiger partial charge in [-0.3, -0.25) is 14.6 Å². The van der Waals surface area contributed by atoms with E-state index in [1.54, 1.807) is 30.6 Å². The third-order valence-electron chi connectivity index (χ3n) is 3.31. The maximum absolute atomic E-state index is 12.0. The molecule has 0 spiro atoms. The lowest BCUT2D eigenvalue weighted by Crippen LogP contribution is -2.31. The fourth-order valence-electron chi connectivity index (χ4n) is 2.28. The Morgan fingerprint density at radius 2 is 1.85 bits per heavy atom. The number of nitrogens with zero attached hydrogens (tertiary/aromatic N) is 2. The first kappa shape index (κ1) is 12.8. The molecule has 1 aromatic heterocycles. The number of ketones is 1. The first-order valence-electron chi connectivity index (χ1n) is 6.21. The van der Waals surface area contributed by atoms with Crippen molar-refractivity contribution in [2.75, 3.05) is 11.4 Å². The minimum atomic E-state index is -0.490. The molecule has 0 saturated heterocycles. The molecule has 2 aromatic rings. The highest BCUT2D eigenvalue weighted by atomic mass is 35.5. The summed E-state index contributed by atoms with van der Waals surface area (Å²) in [4.78, 5) is 29.3. The first-order chi connectivity index (χ1) is 9.66. The van der Waals surface area contributed by atoms with Crippen molar-refractivity contribution in [1.82, 2.24) is 4.98 Å². The molecule has 5 heteroatoms. The van der Waals surface area contributed by atoms with Crippen molar-refractivity contribution in [2.24, 2.45) is 0 Å². The fourth-order valence-corrected chi connectivity index (χ4v) is 2.45. The maximum atomic E-state index is 12.0. The van der Waals surface area contributed by atoms with Gasteiger partial charge in [0.25, 0.3) is 11.7 Å². The normalized spacial score (nSPS) is 13.8. The van der Waals surface area contributed by atoms with Crippen molar-refractivity contribution in [3.8, 4) is 0 Å². The molecule has 1 amide bonds. The quantitative estimate of drug-likeness (QED) is 0.815. The fraction of sp³-hybridized carbons (Fsp3) is 0.133. The second-order valence-electron chi connectivity index (χ2n) is 4.55. The highest BCUT2D eigenvalue weighted by Crippen LogP contribution is 2.31. The maximum Gasteiger partial charge on any atom is 0.299 e. The summed E-state index contributed by atoms with van der Waals surface area (Å²) in [5, 5.41) is 0.514. The monoisotopic (exact) mass is 286 g/mol. The molecule has 1 aliphatic heterocycles. The Bertz CT molecular complexity index is 686. The molecular weight excluding hydrogens is 276 g/mol. The van der Waals surface area contributed by atoms with Gasteiger partial charge < -0.3 is 4.90 Å². The molecule has 0 N–H and O–H groups in total. The average molecular weight is 287 g/mol. The van der Waals surface area contributed by atoms with Crippen molar-refractivity contribution in [2.45, 2.75) is 6.42 Å². The number of fused-ring (bicyclic) bond motifs is 1. The molecule has 100 valence electrons. The van der Waals surface area contributed by atoms with Crippen molar-refractivity contribution < 1.29 is 9.59 Å². The molecule has 0 aliphatic carbocycles. The number of benzene rings is 1. The van der Waals surface area contributed by atoms with Crippen LogP contribution in [-0.4, -0.2) is 23.2 Å². The zero-order valence-electron chi connectivity index (χ0n) is 10.5. The van der Waals surface area contributed by atoms with E-state index in [1.807, 2.05) is 12.1 Å². The zero-order chi connectivity index (χ0) is 14.1. The summed E-state index contributed by atoms with van der Waals surface area (Å²) in [7, 11) is 0.